The topological polar surface area (TPSA) is 86.6 Å². The van der Waals surface area contributed by atoms with Gasteiger partial charge in [-0.05, 0) is 93.1 Å². The highest BCUT2D eigenvalue weighted by Crippen LogP contribution is 2.47. The number of phenols is 1. The van der Waals surface area contributed by atoms with Crippen LogP contribution in [0.4, 0.5) is 14.6 Å². The molecule has 2 N–H and O–H groups in total. The maximum Gasteiger partial charge on any atom is 0.319 e. The van der Waals surface area contributed by atoms with E-state index in [9.17, 15) is 9.50 Å². The monoisotopic (exact) mass is 586 g/mol. The van der Waals surface area contributed by atoms with E-state index in [1.165, 1.54) is 25.0 Å². The summed E-state index contributed by atoms with van der Waals surface area (Å²) in [5.74, 6) is -0.468. The van der Waals surface area contributed by atoms with Gasteiger partial charge in [0, 0.05) is 48.9 Å². The Morgan fingerprint density at radius 2 is 1.84 bits per heavy atom. The van der Waals surface area contributed by atoms with Crippen LogP contribution in [0.2, 0.25) is 0 Å². The van der Waals surface area contributed by atoms with Gasteiger partial charge in [-0.25, -0.2) is 8.78 Å². The summed E-state index contributed by atoms with van der Waals surface area (Å²) < 4.78 is 37.7. The number of piperazine rings is 1. The molecule has 224 valence electrons. The van der Waals surface area contributed by atoms with Crippen molar-refractivity contribution in [2.45, 2.75) is 57.5 Å². The zero-order valence-corrected chi connectivity index (χ0v) is 24.4. The maximum atomic E-state index is 16.7. The second-order valence-electron chi connectivity index (χ2n) is 13.1. The number of nitrogens with one attached hydrogen (secondary N) is 1. The molecule has 2 aromatic carbocycles. The number of aromatic hydroxyl groups is 1. The van der Waals surface area contributed by atoms with Gasteiger partial charge in [0.1, 0.15) is 28.6 Å². The number of nitrogens with zero attached hydrogens (tertiary/aromatic N) is 5. The average Bonchev–Trinajstić information content (AvgIpc) is 3.40. The normalized spacial score (nSPS) is 23.0. The minimum Gasteiger partial charge on any atom is -0.508 e. The van der Waals surface area contributed by atoms with Crippen LogP contribution in [0.3, 0.4) is 0 Å². The summed E-state index contributed by atoms with van der Waals surface area (Å²) in [5, 5.41) is 15.8. The number of aryl methyl sites for hydroxylation is 1. The highest BCUT2D eigenvalue weighted by atomic mass is 19.1. The van der Waals surface area contributed by atoms with E-state index in [-0.39, 0.29) is 28.4 Å². The minimum absolute atomic E-state index is 0.00535. The molecular formula is C33H36F2N6O2. The summed E-state index contributed by atoms with van der Waals surface area (Å²) in [5.41, 5.74) is 0.902. The number of halogens is 2. The molecule has 0 spiro atoms. The lowest BCUT2D eigenvalue weighted by molar-refractivity contribution is 0.170. The molecule has 4 aromatic rings. The Hall–Kier alpha value is -3.63. The summed E-state index contributed by atoms with van der Waals surface area (Å²) in [7, 11) is 0. The predicted molar refractivity (Wildman–Crippen MR) is 162 cm³/mol. The van der Waals surface area contributed by atoms with Gasteiger partial charge >= 0.3 is 6.01 Å². The van der Waals surface area contributed by atoms with Crippen LogP contribution in [0.15, 0.2) is 30.5 Å². The first kappa shape index (κ1) is 27.0. The van der Waals surface area contributed by atoms with E-state index in [0.29, 0.717) is 51.8 Å². The second-order valence-corrected chi connectivity index (χ2v) is 13.1. The van der Waals surface area contributed by atoms with Crippen molar-refractivity contribution in [3.63, 3.8) is 0 Å². The standard InChI is InChI=1S/C33H36F2N6O2/c1-19-26(34)7-4-20-12-23(42)13-24(27(19)20)29-28(35)30-25(14-36-29)31(41-15-21-5-6-22(16-41)37-21)39-32(38-30)43-18-33(8-9-33)17-40-10-2-3-11-40/h4,7,12-14,21-22,37,42H,2-3,5-6,8-11,15-18H2,1H3/t21-,22+. The number of benzene rings is 2. The Balaban J connectivity index is 1.23. The second kappa shape index (κ2) is 10.2. The lowest BCUT2D eigenvalue weighted by Gasteiger charge is -2.34. The van der Waals surface area contributed by atoms with Gasteiger partial charge < -0.3 is 25.0 Å². The van der Waals surface area contributed by atoms with Gasteiger partial charge in [-0.15, -0.1) is 0 Å². The highest BCUT2D eigenvalue weighted by Gasteiger charge is 2.45. The number of hydrogen-bond donors (Lipinski definition) is 2. The fraction of sp³-hybridized carbons (Fsp3) is 0.485. The fourth-order valence-electron chi connectivity index (χ4n) is 7.44. The van der Waals surface area contributed by atoms with Gasteiger partial charge in [-0.2, -0.15) is 9.97 Å². The number of anilines is 1. The van der Waals surface area contributed by atoms with Gasteiger partial charge in [0.25, 0.3) is 0 Å². The number of pyridine rings is 1. The molecule has 0 amide bonds. The smallest absolute Gasteiger partial charge is 0.319 e. The molecule has 2 atom stereocenters. The van der Waals surface area contributed by atoms with E-state index >= 15 is 4.39 Å². The van der Waals surface area contributed by atoms with Crippen molar-refractivity contribution in [3.05, 3.63) is 47.7 Å². The summed E-state index contributed by atoms with van der Waals surface area (Å²) in [6, 6.07) is 6.81. The fourth-order valence-corrected chi connectivity index (χ4v) is 7.44. The van der Waals surface area contributed by atoms with E-state index in [4.69, 9.17) is 9.72 Å². The molecule has 8 rings (SSSR count). The molecule has 2 aromatic heterocycles. The number of phenolic OH excluding ortho intramolecular Hbond substituents is 1. The quantitative estimate of drug-likeness (QED) is 0.301. The number of likely N-dealkylation sites (tertiary alicyclic amines) is 1. The van der Waals surface area contributed by atoms with Gasteiger partial charge in [0.15, 0.2) is 5.82 Å². The van der Waals surface area contributed by atoms with Gasteiger partial charge in [-0.1, -0.05) is 6.07 Å². The molecule has 1 aliphatic carbocycles. The van der Waals surface area contributed by atoms with Crippen molar-refractivity contribution in [1.82, 2.24) is 25.2 Å². The van der Waals surface area contributed by atoms with Crippen LogP contribution in [-0.2, 0) is 0 Å². The van der Waals surface area contributed by atoms with Crippen molar-refractivity contribution >= 4 is 27.5 Å². The Morgan fingerprint density at radius 3 is 2.58 bits per heavy atom. The van der Waals surface area contributed by atoms with Crippen LogP contribution in [0.1, 0.15) is 44.1 Å². The number of rotatable bonds is 7. The maximum absolute atomic E-state index is 16.7. The molecular weight excluding hydrogens is 550 g/mol. The zero-order chi connectivity index (χ0) is 29.3. The van der Waals surface area contributed by atoms with E-state index in [2.05, 4.69) is 25.1 Å². The van der Waals surface area contributed by atoms with Crippen molar-refractivity contribution in [2.75, 3.05) is 44.2 Å². The number of fused-ring (bicyclic) bond motifs is 4. The molecule has 3 aliphatic heterocycles. The van der Waals surface area contributed by atoms with Crippen molar-refractivity contribution in [1.29, 1.82) is 0 Å². The molecule has 43 heavy (non-hydrogen) atoms. The number of hydrogen-bond acceptors (Lipinski definition) is 8. The van der Waals surface area contributed by atoms with Crippen LogP contribution in [-0.4, -0.2) is 76.4 Å². The van der Waals surface area contributed by atoms with Crippen molar-refractivity contribution < 1.29 is 18.6 Å². The van der Waals surface area contributed by atoms with Crippen LogP contribution in [0.5, 0.6) is 11.8 Å². The highest BCUT2D eigenvalue weighted by molar-refractivity contribution is 6.01. The minimum atomic E-state index is -0.641. The molecule has 4 fully saturated rings. The largest absolute Gasteiger partial charge is 0.508 e. The molecule has 4 aliphatic rings. The van der Waals surface area contributed by atoms with E-state index in [1.54, 1.807) is 25.3 Å². The first-order valence-electron chi connectivity index (χ1n) is 15.5. The Kier molecular flexibility index (Phi) is 6.41. The Labute approximate surface area is 249 Å². The van der Waals surface area contributed by atoms with Crippen LogP contribution >= 0.6 is 0 Å². The summed E-state index contributed by atoms with van der Waals surface area (Å²) in [6.45, 7) is 6.96. The molecule has 3 saturated heterocycles. The SMILES string of the molecule is Cc1c(F)ccc2cc(O)cc(-c3ncc4c(N5C[C@H]6CC[C@@H](C5)N6)nc(OCC5(CN6CCCC6)CC5)nc4c3F)c12. The molecule has 0 unspecified atom stereocenters. The number of ether oxygens (including phenoxy) is 1. The zero-order valence-electron chi connectivity index (χ0n) is 24.4. The number of aromatic nitrogens is 3. The van der Waals surface area contributed by atoms with E-state index in [0.717, 1.165) is 58.4 Å². The molecule has 5 heterocycles. The first-order valence-corrected chi connectivity index (χ1v) is 15.5. The Morgan fingerprint density at radius 1 is 1.07 bits per heavy atom. The van der Waals surface area contributed by atoms with Crippen molar-refractivity contribution in [3.8, 4) is 23.0 Å². The third kappa shape index (κ3) is 4.84. The third-order valence-electron chi connectivity index (χ3n) is 9.93. The molecule has 2 bridgehead atoms. The third-order valence-corrected chi connectivity index (χ3v) is 9.93. The van der Waals surface area contributed by atoms with Gasteiger partial charge in [-0.3, -0.25) is 4.98 Å². The van der Waals surface area contributed by atoms with Crippen LogP contribution < -0.4 is 15.0 Å². The van der Waals surface area contributed by atoms with Gasteiger partial charge in [0.2, 0.25) is 0 Å². The van der Waals surface area contributed by atoms with Crippen LogP contribution in [0, 0.1) is 24.0 Å². The lowest BCUT2D eigenvalue weighted by atomic mass is 9.96. The molecule has 10 heteroatoms. The van der Waals surface area contributed by atoms with E-state index < -0.39 is 11.6 Å². The average molecular weight is 587 g/mol. The van der Waals surface area contributed by atoms with Crippen LogP contribution in [0.25, 0.3) is 32.9 Å². The molecule has 1 saturated carbocycles. The van der Waals surface area contributed by atoms with Gasteiger partial charge in [0.05, 0.1) is 12.0 Å². The summed E-state index contributed by atoms with van der Waals surface area (Å²) >= 11 is 0. The molecule has 0 radical (unpaired) electrons. The summed E-state index contributed by atoms with van der Waals surface area (Å²) in [4.78, 5) is 18.8. The van der Waals surface area contributed by atoms with E-state index in [1.807, 2.05) is 0 Å². The molecule has 8 nitrogen and oxygen atoms in total. The summed E-state index contributed by atoms with van der Waals surface area (Å²) in [6.07, 6.45) is 8.51. The first-order chi connectivity index (χ1) is 20.9. The predicted octanol–water partition coefficient (Wildman–Crippen LogP) is 5.33. The Bertz CT molecular complexity index is 1730. The lowest BCUT2D eigenvalue weighted by Crippen LogP contribution is -2.51. The van der Waals surface area contributed by atoms with Crippen molar-refractivity contribution in [2.24, 2.45) is 5.41 Å².